The molecule has 3 nitrogen and oxygen atoms in total. The predicted molar refractivity (Wildman–Crippen MR) is 131 cm³/mol. The second-order valence-electron chi connectivity index (χ2n) is 15.4. The molecule has 0 aromatic heterocycles. The molecule has 2 aliphatic heterocycles. The van der Waals surface area contributed by atoms with Crippen molar-refractivity contribution in [1.82, 2.24) is 0 Å². The van der Waals surface area contributed by atoms with Crippen LogP contribution >= 0.6 is 0 Å². The van der Waals surface area contributed by atoms with Crippen LogP contribution in [0, 0.1) is 50.7 Å². The highest BCUT2D eigenvalue weighted by atomic mass is 17.3. The van der Waals surface area contributed by atoms with Crippen molar-refractivity contribution < 1.29 is 14.5 Å². The molecule has 3 heteroatoms. The Balaban J connectivity index is 1.38. The van der Waals surface area contributed by atoms with Crippen LogP contribution in [0.15, 0.2) is 0 Å². The van der Waals surface area contributed by atoms with Crippen LogP contribution in [0.5, 0.6) is 0 Å². The number of fused-ring (bicyclic) bond motifs is 7. The molecule has 1 spiro atoms. The van der Waals surface area contributed by atoms with Gasteiger partial charge >= 0.3 is 0 Å². The summed E-state index contributed by atoms with van der Waals surface area (Å²) in [5.41, 5.74) is 1.79. The molecule has 0 radical (unpaired) electrons. The minimum Gasteiger partial charge on any atom is -0.311 e. The summed E-state index contributed by atoms with van der Waals surface area (Å²) >= 11 is 0. The van der Waals surface area contributed by atoms with E-state index in [2.05, 4.69) is 55.4 Å². The van der Waals surface area contributed by atoms with Crippen LogP contribution in [0.1, 0.15) is 126 Å². The average Bonchev–Trinajstić information content (AvgIpc) is 3.07. The quantitative estimate of drug-likeness (QED) is 0.370. The van der Waals surface area contributed by atoms with E-state index in [4.69, 9.17) is 14.5 Å². The van der Waals surface area contributed by atoms with E-state index < -0.39 is 11.6 Å². The van der Waals surface area contributed by atoms with Crippen LogP contribution in [-0.4, -0.2) is 11.6 Å². The average molecular weight is 459 g/mol. The van der Waals surface area contributed by atoms with E-state index in [1.807, 2.05) is 0 Å². The van der Waals surface area contributed by atoms with Crippen LogP contribution in [0.3, 0.4) is 0 Å². The van der Waals surface area contributed by atoms with E-state index >= 15 is 0 Å². The number of rotatable bonds is 1. The molecule has 6 rings (SSSR count). The second-order valence-corrected chi connectivity index (χ2v) is 15.4. The Hall–Kier alpha value is -0.120. The number of hydrogen-bond acceptors (Lipinski definition) is 3. The molecule has 0 aromatic carbocycles. The standard InChI is InChI=1S/C30H50O3/c1-20(2)29-18-16-28(8)23-11-10-22-25(5)14-9-13-24(3,4)21(25)12-15-26(22,6)27(23,7)17-19-30(28,31-29)33-32-29/h20-23H,9-19H2,1-8H3/t21-,22+,23-,25-,26+,27+,28+,29-,30-/m0/s1. The highest BCUT2D eigenvalue weighted by Crippen LogP contribution is 2.78. The maximum absolute atomic E-state index is 6.89. The van der Waals surface area contributed by atoms with Gasteiger partial charge in [0.05, 0.1) is 0 Å². The van der Waals surface area contributed by atoms with E-state index in [0.29, 0.717) is 33.5 Å². The molecule has 2 heterocycles. The van der Waals surface area contributed by atoms with Crippen LogP contribution in [0.25, 0.3) is 0 Å². The van der Waals surface area contributed by atoms with Gasteiger partial charge < -0.3 is 4.74 Å². The van der Waals surface area contributed by atoms with E-state index in [-0.39, 0.29) is 5.41 Å². The first-order valence-corrected chi connectivity index (χ1v) is 14.4. The first-order chi connectivity index (χ1) is 15.3. The van der Waals surface area contributed by atoms with Crippen LogP contribution in [-0.2, 0) is 14.5 Å². The highest BCUT2D eigenvalue weighted by Gasteiger charge is 2.76. The SMILES string of the molecule is CC(C)[C@]12CC[C@]3(C)[C@H]4CC[C@@H]5[C@@]6(C)CCCC(C)(C)[C@@H]6CC[C@@]5(C)[C@]4(C)CC[C@@]3(OO1)O2. The van der Waals surface area contributed by atoms with Crippen molar-refractivity contribution in [3.05, 3.63) is 0 Å². The lowest BCUT2D eigenvalue weighted by Gasteiger charge is -2.74. The lowest BCUT2D eigenvalue weighted by molar-refractivity contribution is -0.391. The van der Waals surface area contributed by atoms with E-state index in [1.54, 1.807) is 0 Å². The summed E-state index contributed by atoms with van der Waals surface area (Å²) in [6, 6.07) is 0. The molecule has 6 aliphatic rings. The number of ether oxygens (including phenoxy) is 1. The fourth-order valence-corrected chi connectivity index (χ4v) is 11.6. The van der Waals surface area contributed by atoms with Gasteiger partial charge in [-0.05, 0) is 90.8 Å². The maximum Gasteiger partial charge on any atom is 0.210 e. The molecule has 2 bridgehead atoms. The van der Waals surface area contributed by atoms with Crippen LogP contribution in [0.2, 0.25) is 0 Å². The largest absolute Gasteiger partial charge is 0.311 e. The topological polar surface area (TPSA) is 27.7 Å². The van der Waals surface area contributed by atoms with E-state index in [9.17, 15) is 0 Å². The molecule has 4 aliphatic carbocycles. The van der Waals surface area contributed by atoms with Gasteiger partial charge in [-0.2, -0.15) is 9.78 Å². The van der Waals surface area contributed by atoms with Crippen LogP contribution in [0.4, 0.5) is 0 Å². The molecule has 188 valence electrons. The van der Waals surface area contributed by atoms with Gasteiger partial charge in [-0.15, -0.1) is 0 Å². The third kappa shape index (κ3) is 2.54. The Bertz CT molecular complexity index is 836. The zero-order valence-corrected chi connectivity index (χ0v) is 22.8. The Kier molecular flexibility index (Phi) is 4.66. The van der Waals surface area contributed by atoms with Gasteiger partial charge in [-0.3, -0.25) is 0 Å². The van der Waals surface area contributed by atoms with Crippen molar-refractivity contribution in [3.8, 4) is 0 Å². The second kappa shape index (κ2) is 6.60. The Labute approximate surface area is 203 Å². The third-order valence-corrected chi connectivity index (χ3v) is 13.8. The molecule has 0 unspecified atom stereocenters. The van der Waals surface area contributed by atoms with Crippen molar-refractivity contribution in [3.63, 3.8) is 0 Å². The summed E-state index contributed by atoms with van der Waals surface area (Å²) in [5.74, 6) is 1.61. The smallest absolute Gasteiger partial charge is 0.210 e. The summed E-state index contributed by atoms with van der Waals surface area (Å²) in [4.78, 5) is 12.4. The van der Waals surface area contributed by atoms with Crippen molar-refractivity contribution in [2.24, 2.45) is 50.7 Å². The summed E-state index contributed by atoms with van der Waals surface area (Å²) in [6.45, 7) is 20.2. The highest BCUT2D eigenvalue weighted by molar-refractivity contribution is 5.20. The first kappa shape index (κ1) is 23.3. The molecular weight excluding hydrogens is 408 g/mol. The summed E-state index contributed by atoms with van der Waals surface area (Å²) in [6.07, 6.45) is 14.2. The Morgan fingerprint density at radius 2 is 1.27 bits per heavy atom. The lowest BCUT2D eigenvalue weighted by atomic mass is 9.32. The molecular formula is C30H50O3. The van der Waals surface area contributed by atoms with E-state index in [1.165, 1.54) is 57.8 Å². The van der Waals surface area contributed by atoms with E-state index in [0.717, 1.165) is 24.7 Å². The van der Waals surface area contributed by atoms with Gasteiger partial charge in [0.25, 0.3) is 0 Å². The van der Waals surface area contributed by atoms with Crippen molar-refractivity contribution >= 4 is 0 Å². The first-order valence-electron chi connectivity index (χ1n) is 14.4. The van der Waals surface area contributed by atoms with Crippen molar-refractivity contribution in [2.75, 3.05) is 0 Å². The summed E-state index contributed by atoms with van der Waals surface area (Å²) in [5, 5.41) is 0. The van der Waals surface area contributed by atoms with Crippen LogP contribution < -0.4 is 0 Å². The molecule has 0 amide bonds. The number of hydrogen-bond donors (Lipinski definition) is 0. The Morgan fingerprint density at radius 1 is 0.606 bits per heavy atom. The molecule has 4 saturated carbocycles. The predicted octanol–water partition coefficient (Wildman–Crippen LogP) is 8.27. The van der Waals surface area contributed by atoms with Gasteiger partial charge in [0, 0.05) is 24.2 Å². The molecule has 0 N–H and O–H groups in total. The third-order valence-electron chi connectivity index (χ3n) is 13.8. The lowest BCUT2D eigenvalue weighted by Crippen LogP contribution is -2.70. The maximum atomic E-state index is 6.89. The molecule has 0 aromatic rings. The Morgan fingerprint density at radius 3 is 2.00 bits per heavy atom. The monoisotopic (exact) mass is 458 g/mol. The molecule has 2 saturated heterocycles. The normalized spacial score (nSPS) is 59.4. The van der Waals surface area contributed by atoms with Gasteiger partial charge in [-0.25, -0.2) is 0 Å². The molecule has 33 heavy (non-hydrogen) atoms. The van der Waals surface area contributed by atoms with Gasteiger partial charge in [0.15, 0.2) is 0 Å². The fraction of sp³-hybridized carbons (Fsp3) is 1.00. The van der Waals surface area contributed by atoms with Gasteiger partial charge in [-0.1, -0.05) is 61.8 Å². The zero-order chi connectivity index (χ0) is 23.7. The molecule has 9 atom stereocenters. The van der Waals surface area contributed by atoms with Gasteiger partial charge in [0.2, 0.25) is 11.6 Å². The molecule has 6 fully saturated rings. The van der Waals surface area contributed by atoms with Crippen molar-refractivity contribution in [2.45, 2.75) is 138 Å². The van der Waals surface area contributed by atoms with Crippen molar-refractivity contribution in [1.29, 1.82) is 0 Å². The minimum atomic E-state index is -0.545. The summed E-state index contributed by atoms with van der Waals surface area (Å²) < 4.78 is 6.89. The minimum absolute atomic E-state index is 0.0342. The summed E-state index contributed by atoms with van der Waals surface area (Å²) in [7, 11) is 0. The zero-order valence-electron chi connectivity index (χ0n) is 22.8. The van der Waals surface area contributed by atoms with Gasteiger partial charge in [0.1, 0.15) is 0 Å². The fourth-order valence-electron chi connectivity index (χ4n) is 11.6.